The van der Waals surface area contributed by atoms with E-state index < -0.39 is 0 Å². The number of para-hydroxylation sites is 1. The van der Waals surface area contributed by atoms with Gasteiger partial charge in [-0.15, -0.1) is 0 Å². The number of ether oxygens (including phenoxy) is 1. The van der Waals surface area contributed by atoms with Gasteiger partial charge in [0, 0.05) is 24.0 Å². The zero-order valence-corrected chi connectivity index (χ0v) is 20.6. The Morgan fingerprint density at radius 2 is 1.54 bits per heavy atom. The minimum atomic E-state index is -0.145. The fourth-order valence-electron chi connectivity index (χ4n) is 4.70. The lowest BCUT2D eigenvalue weighted by Gasteiger charge is -2.34. The van der Waals surface area contributed by atoms with Crippen molar-refractivity contribution in [3.63, 3.8) is 0 Å². The van der Waals surface area contributed by atoms with Crippen molar-refractivity contribution >= 4 is 22.6 Å². The molecule has 0 spiro atoms. The number of carbonyl (C=O) groups excluding carboxylic acids is 1. The van der Waals surface area contributed by atoms with Gasteiger partial charge in [0.25, 0.3) is 5.91 Å². The molecule has 0 radical (unpaired) electrons. The fraction of sp³-hybridized carbons (Fsp3) is 0.300. The molecule has 0 saturated carbocycles. The van der Waals surface area contributed by atoms with E-state index in [1.165, 1.54) is 5.56 Å². The van der Waals surface area contributed by atoms with Crippen LogP contribution in [0.1, 0.15) is 58.6 Å². The number of anilines is 1. The third-order valence-corrected chi connectivity index (χ3v) is 6.75. The predicted molar refractivity (Wildman–Crippen MR) is 140 cm³/mol. The van der Waals surface area contributed by atoms with Crippen LogP contribution in [0.3, 0.4) is 0 Å². The molecule has 1 amide bonds. The average molecular weight is 469 g/mol. The van der Waals surface area contributed by atoms with Crippen LogP contribution in [0, 0.1) is 6.92 Å². The van der Waals surface area contributed by atoms with Crippen LogP contribution in [-0.2, 0) is 4.74 Å². The molecule has 35 heavy (non-hydrogen) atoms. The summed E-state index contributed by atoms with van der Waals surface area (Å²) in [5.41, 5.74) is 5.67. The van der Waals surface area contributed by atoms with Gasteiger partial charge < -0.3 is 14.5 Å². The number of hydrogen-bond acceptors (Lipinski definition) is 4. The van der Waals surface area contributed by atoms with Crippen LogP contribution in [0.25, 0.3) is 11.0 Å². The molecule has 1 atom stereocenters. The molecule has 1 saturated heterocycles. The Balaban J connectivity index is 1.61. The molecule has 3 aromatic carbocycles. The molecule has 0 bridgehead atoms. The Kier molecular flexibility index (Phi) is 6.71. The van der Waals surface area contributed by atoms with Gasteiger partial charge in [-0.1, -0.05) is 67.9 Å². The second-order valence-electron chi connectivity index (χ2n) is 9.53. The molecule has 1 aliphatic heterocycles. The summed E-state index contributed by atoms with van der Waals surface area (Å²) >= 11 is 0. The molecule has 1 N–H and O–H groups in total. The Bertz CT molecular complexity index is 1300. The Hall–Kier alpha value is -3.41. The number of furan rings is 1. The molecule has 180 valence electrons. The topological polar surface area (TPSA) is 54.7 Å². The lowest BCUT2D eigenvalue weighted by Crippen LogP contribution is -2.39. The van der Waals surface area contributed by atoms with Gasteiger partial charge in [-0.3, -0.25) is 9.69 Å². The van der Waals surface area contributed by atoms with Gasteiger partial charge in [0.15, 0.2) is 0 Å². The molecule has 1 unspecified atom stereocenters. The zero-order chi connectivity index (χ0) is 24.4. The van der Waals surface area contributed by atoms with E-state index in [2.05, 4.69) is 48.3 Å². The van der Waals surface area contributed by atoms with Gasteiger partial charge in [0.1, 0.15) is 11.3 Å². The summed E-state index contributed by atoms with van der Waals surface area (Å²) in [6.45, 7) is 9.34. The number of morpholine rings is 1. The number of carbonyl (C=O) groups is 1. The molecule has 1 aliphatic rings. The predicted octanol–water partition coefficient (Wildman–Crippen LogP) is 6.54. The summed E-state index contributed by atoms with van der Waals surface area (Å²) in [5.74, 6) is 1.07. The van der Waals surface area contributed by atoms with Crippen LogP contribution >= 0.6 is 0 Å². The van der Waals surface area contributed by atoms with Crippen molar-refractivity contribution in [2.75, 3.05) is 31.6 Å². The number of benzene rings is 3. The standard InChI is InChI=1S/C30H32N2O3/c1-20(2)22-12-14-23(15-13-22)28(32-16-18-34-19-17-32)29-27(25-6-4-5-7-26(25)35-29)31-30(33)24-10-8-21(3)9-11-24/h4-15,20,28H,16-19H2,1-3H3,(H,31,33). The highest BCUT2D eigenvalue weighted by Gasteiger charge is 2.31. The Morgan fingerprint density at radius 3 is 2.23 bits per heavy atom. The van der Waals surface area contributed by atoms with Crippen LogP contribution in [0.4, 0.5) is 5.69 Å². The molecule has 1 fully saturated rings. The summed E-state index contributed by atoms with van der Waals surface area (Å²) in [6, 6.07) is 24.2. The molecule has 5 heteroatoms. The van der Waals surface area contributed by atoms with E-state index in [9.17, 15) is 4.79 Å². The summed E-state index contributed by atoms with van der Waals surface area (Å²) in [7, 11) is 0. The average Bonchev–Trinajstić information content (AvgIpc) is 3.23. The second-order valence-corrected chi connectivity index (χ2v) is 9.53. The van der Waals surface area contributed by atoms with Crippen LogP contribution in [0.2, 0.25) is 0 Å². The third-order valence-electron chi connectivity index (χ3n) is 6.75. The number of nitrogens with one attached hydrogen (secondary N) is 1. The van der Waals surface area contributed by atoms with Crippen molar-refractivity contribution in [3.05, 3.63) is 101 Å². The summed E-state index contributed by atoms with van der Waals surface area (Å²) in [5, 5.41) is 4.10. The molecule has 1 aromatic heterocycles. The maximum absolute atomic E-state index is 13.3. The maximum Gasteiger partial charge on any atom is 0.255 e. The quantitative estimate of drug-likeness (QED) is 0.349. The molecule has 5 rings (SSSR count). The number of fused-ring (bicyclic) bond motifs is 1. The summed E-state index contributed by atoms with van der Waals surface area (Å²) in [4.78, 5) is 15.7. The van der Waals surface area contributed by atoms with Crippen molar-refractivity contribution in [2.45, 2.75) is 32.7 Å². The largest absolute Gasteiger partial charge is 0.457 e. The van der Waals surface area contributed by atoms with Crippen LogP contribution in [0.5, 0.6) is 0 Å². The second kappa shape index (κ2) is 10.1. The monoisotopic (exact) mass is 468 g/mol. The van der Waals surface area contributed by atoms with Crippen molar-refractivity contribution in [1.29, 1.82) is 0 Å². The molecular weight excluding hydrogens is 436 g/mol. The molecule has 5 nitrogen and oxygen atoms in total. The van der Waals surface area contributed by atoms with Gasteiger partial charge in [-0.25, -0.2) is 0 Å². The van der Waals surface area contributed by atoms with Crippen molar-refractivity contribution in [3.8, 4) is 0 Å². The number of nitrogens with zero attached hydrogens (tertiary/aromatic N) is 1. The minimum Gasteiger partial charge on any atom is -0.457 e. The first-order valence-corrected chi connectivity index (χ1v) is 12.3. The van der Waals surface area contributed by atoms with Gasteiger partial charge in [-0.05, 0) is 48.2 Å². The summed E-state index contributed by atoms with van der Waals surface area (Å²) in [6.07, 6.45) is 0. The van der Waals surface area contributed by atoms with Crippen LogP contribution in [0.15, 0.2) is 77.2 Å². The minimum absolute atomic E-state index is 0.138. The van der Waals surface area contributed by atoms with Gasteiger partial charge in [-0.2, -0.15) is 0 Å². The highest BCUT2D eigenvalue weighted by Crippen LogP contribution is 2.41. The van der Waals surface area contributed by atoms with Crippen molar-refractivity contribution < 1.29 is 13.9 Å². The van der Waals surface area contributed by atoms with Crippen LogP contribution < -0.4 is 5.32 Å². The normalized spacial score (nSPS) is 15.4. The molecular formula is C30H32N2O3. The zero-order valence-electron chi connectivity index (χ0n) is 20.6. The van der Waals surface area contributed by atoms with E-state index in [4.69, 9.17) is 9.15 Å². The van der Waals surface area contributed by atoms with Crippen molar-refractivity contribution in [2.24, 2.45) is 0 Å². The van der Waals surface area contributed by atoms with E-state index in [0.717, 1.165) is 46.6 Å². The van der Waals surface area contributed by atoms with E-state index in [1.54, 1.807) is 0 Å². The maximum atomic E-state index is 13.3. The first-order valence-electron chi connectivity index (χ1n) is 12.3. The van der Waals surface area contributed by atoms with E-state index in [1.807, 2.05) is 55.5 Å². The van der Waals surface area contributed by atoms with E-state index >= 15 is 0 Å². The molecule has 4 aromatic rings. The highest BCUT2D eigenvalue weighted by atomic mass is 16.5. The fourth-order valence-corrected chi connectivity index (χ4v) is 4.70. The molecule has 2 heterocycles. The summed E-state index contributed by atoms with van der Waals surface area (Å²) < 4.78 is 12.2. The van der Waals surface area contributed by atoms with Crippen LogP contribution in [-0.4, -0.2) is 37.1 Å². The third kappa shape index (κ3) is 4.88. The van der Waals surface area contributed by atoms with Gasteiger partial charge in [0.2, 0.25) is 0 Å². The Morgan fingerprint density at radius 1 is 0.886 bits per heavy atom. The van der Waals surface area contributed by atoms with Crippen molar-refractivity contribution in [1.82, 2.24) is 4.90 Å². The number of hydrogen-bond donors (Lipinski definition) is 1. The Labute approximate surface area is 206 Å². The van der Waals surface area contributed by atoms with Gasteiger partial charge in [0.05, 0.1) is 24.9 Å². The number of rotatable bonds is 6. The highest BCUT2D eigenvalue weighted by molar-refractivity contribution is 6.09. The lowest BCUT2D eigenvalue weighted by atomic mass is 9.96. The first kappa shape index (κ1) is 23.3. The smallest absolute Gasteiger partial charge is 0.255 e. The van der Waals surface area contributed by atoms with E-state index in [0.29, 0.717) is 24.7 Å². The SMILES string of the molecule is Cc1ccc(C(=O)Nc2c(C(c3ccc(C(C)C)cc3)N3CCOCC3)oc3ccccc23)cc1. The van der Waals surface area contributed by atoms with E-state index in [-0.39, 0.29) is 11.9 Å². The van der Waals surface area contributed by atoms with Gasteiger partial charge >= 0.3 is 0 Å². The first-order chi connectivity index (χ1) is 17.0. The number of amides is 1. The number of aryl methyl sites for hydroxylation is 1. The molecule has 0 aliphatic carbocycles. The lowest BCUT2D eigenvalue weighted by molar-refractivity contribution is 0.0206.